The number of nitrogens with zero attached hydrogens (tertiary/aromatic N) is 3. The van der Waals surface area contributed by atoms with Crippen LogP contribution >= 0.6 is 11.8 Å². The molecule has 1 aliphatic carbocycles. The Morgan fingerprint density at radius 3 is 2.67 bits per heavy atom. The van der Waals surface area contributed by atoms with Crippen molar-refractivity contribution in [1.82, 2.24) is 31.5 Å². The van der Waals surface area contributed by atoms with Gasteiger partial charge in [0.05, 0.1) is 16.3 Å². The van der Waals surface area contributed by atoms with Crippen molar-refractivity contribution in [2.24, 2.45) is 5.92 Å². The molecule has 12 heteroatoms. The molecule has 3 fully saturated rings. The summed E-state index contributed by atoms with van der Waals surface area (Å²) in [6.07, 6.45) is 6.07. The molecule has 4 amide bonds. The predicted octanol–water partition coefficient (Wildman–Crippen LogP) is 2.40. The summed E-state index contributed by atoms with van der Waals surface area (Å²) in [4.78, 5) is 41.0. The van der Waals surface area contributed by atoms with Gasteiger partial charge in [0.1, 0.15) is 5.75 Å². The SMILES string of the molecule is C=CC(=O)N[C@H]1CCC[C@H]1NC(=O)C1=C2NC(=O)N(c3ccc(Oc4cccnn4)cc3)C3CCNC(S1)C23. The van der Waals surface area contributed by atoms with Gasteiger partial charge in [0.15, 0.2) is 0 Å². The highest BCUT2D eigenvalue weighted by Gasteiger charge is 2.52. The third-order valence-corrected chi connectivity index (χ3v) is 8.93. The minimum atomic E-state index is -0.265. The Morgan fingerprint density at radius 1 is 1.13 bits per heavy atom. The molecule has 1 aromatic heterocycles. The van der Waals surface area contributed by atoms with Crippen molar-refractivity contribution < 1.29 is 19.1 Å². The number of anilines is 1. The molecule has 1 aromatic carbocycles. The van der Waals surface area contributed by atoms with E-state index in [-0.39, 0.29) is 47.3 Å². The lowest BCUT2D eigenvalue weighted by Gasteiger charge is -2.45. The monoisotopic (exact) mass is 547 g/mol. The first-order valence-corrected chi connectivity index (χ1v) is 13.9. The molecule has 3 aliphatic heterocycles. The molecule has 4 N–H and O–H groups in total. The highest BCUT2D eigenvalue weighted by Crippen LogP contribution is 2.48. The first kappa shape index (κ1) is 25.4. The van der Waals surface area contributed by atoms with E-state index in [1.807, 2.05) is 12.1 Å². The Bertz CT molecular complexity index is 1320. The number of piperidine rings is 1. The van der Waals surface area contributed by atoms with E-state index in [9.17, 15) is 14.4 Å². The molecule has 2 saturated heterocycles. The fraction of sp³-hybridized carbons (Fsp3) is 0.370. The molecule has 3 unspecified atom stereocenters. The van der Waals surface area contributed by atoms with Crippen molar-refractivity contribution in [3.8, 4) is 11.6 Å². The van der Waals surface area contributed by atoms with Crippen LogP contribution in [-0.2, 0) is 9.59 Å². The van der Waals surface area contributed by atoms with Crippen LogP contribution in [0.2, 0.25) is 0 Å². The van der Waals surface area contributed by atoms with Gasteiger partial charge < -0.3 is 26.0 Å². The number of urea groups is 1. The molecule has 2 aromatic rings. The number of carbonyl (C=O) groups excluding carboxylic acids is 3. The first-order valence-electron chi connectivity index (χ1n) is 13.1. The van der Waals surface area contributed by atoms with Crippen molar-refractivity contribution in [2.75, 3.05) is 11.4 Å². The smallest absolute Gasteiger partial charge is 0.326 e. The van der Waals surface area contributed by atoms with Gasteiger partial charge in [0.2, 0.25) is 11.8 Å². The second kappa shape index (κ2) is 10.7. The van der Waals surface area contributed by atoms with Crippen molar-refractivity contribution in [1.29, 1.82) is 0 Å². The van der Waals surface area contributed by atoms with Crippen molar-refractivity contribution in [3.63, 3.8) is 0 Å². The Balaban J connectivity index is 1.20. The first-order chi connectivity index (χ1) is 19.0. The average Bonchev–Trinajstić information content (AvgIpc) is 3.54. The van der Waals surface area contributed by atoms with E-state index in [0.717, 1.165) is 37.9 Å². The van der Waals surface area contributed by atoms with Crippen LogP contribution in [0.3, 0.4) is 0 Å². The van der Waals surface area contributed by atoms with Crippen LogP contribution in [0.25, 0.3) is 0 Å². The van der Waals surface area contributed by atoms with Gasteiger partial charge in [-0.3, -0.25) is 14.5 Å². The zero-order chi connectivity index (χ0) is 26.9. The fourth-order valence-corrected chi connectivity index (χ4v) is 7.24. The molecule has 4 heterocycles. The molecule has 1 saturated carbocycles. The number of benzene rings is 1. The van der Waals surface area contributed by atoms with Gasteiger partial charge in [-0.1, -0.05) is 18.3 Å². The lowest BCUT2D eigenvalue weighted by Crippen LogP contribution is -2.62. The van der Waals surface area contributed by atoms with Crippen molar-refractivity contribution in [2.45, 2.75) is 49.2 Å². The van der Waals surface area contributed by atoms with E-state index in [2.05, 4.69) is 38.0 Å². The summed E-state index contributed by atoms with van der Waals surface area (Å²) >= 11 is 1.46. The molecule has 0 bridgehead atoms. The highest BCUT2D eigenvalue weighted by molar-refractivity contribution is 8.04. The summed E-state index contributed by atoms with van der Waals surface area (Å²) in [5.41, 5.74) is 1.42. The van der Waals surface area contributed by atoms with Gasteiger partial charge in [-0.2, -0.15) is 5.10 Å². The maximum absolute atomic E-state index is 13.5. The van der Waals surface area contributed by atoms with Crippen molar-refractivity contribution >= 4 is 35.3 Å². The van der Waals surface area contributed by atoms with Crippen LogP contribution in [0.15, 0.2) is 65.9 Å². The van der Waals surface area contributed by atoms with Crippen LogP contribution in [-0.4, -0.2) is 58.1 Å². The van der Waals surface area contributed by atoms with Crippen LogP contribution < -0.4 is 30.9 Å². The number of aromatic nitrogens is 2. The van der Waals surface area contributed by atoms with E-state index >= 15 is 0 Å². The van der Waals surface area contributed by atoms with Crippen LogP contribution in [0.4, 0.5) is 10.5 Å². The molecule has 4 aliphatic rings. The molecule has 5 atom stereocenters. The Labute approximate surface area is 229 Å². The van der Waals surface area contributed by atoms with Crippen molar-refractivity contribution in [3.05, 3.63) is 65.9 Å². The Morgan fingerprint density at radius 2 is 1.92 bits per heavy atom. The van der Waals surface area contributed by atoms with Gasteiger partial charge in [-0.15, -0.1) is 5.10 Å². The van der Waals surface area contributed by atoms with E-state index in [0.29, 0.717) is 22.2 Å². The average molecular weight is 548 g/mol. The maximum atomic E-state index is 13.5. The van der Waals surface area contributed by atoms with E-state index in [1.165, 1.54) is 17.8 Å². The molecule has 6 rings (SSSR count). The van der Waals surface area contributed by atoms with Gasteiger partial charge in [-0.05, 0) is 68.6 Å². The molecule has 39 heavy (non-hydrogen) atoms. The topological polar surface area (TPSA) is 138 Å². The summed E-state index contributed by atoms with van der Waals surface area (Å²) in [7, 11) is 0. The number of amides is 4. The molecule has 0 spiro atoms. The molecular formula is C27H29N7O4S. The summed E-state index contributed by atoms with van der Waals surface area (Å²) in [6, 6.07) is 10.1. The molecule has 0 radical (unpaired) electrons. The van der Waals surface area contributed by atoms with Gasteiger partial charge >= 0.3 is 6.03 Å². The molecular weight excluding hydrogens is 518 g/mol. The lowest BCUT2D eigenvalue weighted by atomic mass is 9.86. The number of rotatable bonds is 7. The number of nitrogens with one attached hydrogen (secondary N) is 4. The number of thioether (sulfide) groups is 1. The summed E-state index contributed by atoms with van der Waals surface area (Å²) in [5.74, 6) is 0.457. The normalized spacial score (nSPS) is 27.4. The van der Waals surface area contributed by atoms with E-state index < -0.39 is 0 Å². The molecule has 11 nitrogen and oxygen atoms in total. The summed E-state index contributed by atoms with van der Waals surface area (Å²) in [5, 5.41) is 20.3. The van der Waals surface area contributed by atoms with E-state index in [1.54, 1.807) is 35.4 Å². The summed E-state index contributed by atoms with van der Waals surface area (Å²) in [6.45, 7) is 4.24. The summed E-state index contributed by atoms with van der Waals surface area (Å²) < 4.78 is 5.74. The van der Waals surface area contributed by atoms with Gasteiger partial charge in [0, 0.05) is 41.6 Å². The predicted molar refractivity (Wildman–Crippen MR) is 146 cm³/mol. The molecule has 202 valence electrons. The minimum absolute atomic E-state index is 0.0262. The fourth-order valence-electron chi connectivity index (χ4n) is 5.84. The lowest BCUT2D eigenvalue weighted by molar-refractivity contribution is -0.119. The zero-order valence-corrected chi connectivity index (χ0v) is 21.9. The minimum Gasteiger partial charge on any atom is -0.438 e. The Kier molecular flexibility index (Phi) is 6.96. The standard InChI is InChI=1S/C27H29N7O4S/c1-2-20(35)30-17-5-3-6-18(17)31-25(36)24-23-22-19(12-14-28-26(22)39-24)34(27(37)32-23)15-8-10-16(11-9-15)38-21-7-4-13-29-33-21/h2,4,7-11,13,17-19,22,26,28H,1,3,5-6,12,14H2,(H,30,35)(H,31,36)(H,32,37)/t17-,18+,19?,22?,26?/m0/s1. The third-order valence-electron chi connectivity index (χ3n) is 7.58. The second-order valence-electron chi connectivity index (χ2n) is 9.91. The largest absolute Gasteiger partial charge is 0.438 e. The van der Waals surface area contributed by atoms with Gasteiger partial charge in [-0.25, -0.2) is 4.79 Å². The third kappa shape index (κ3) is 4.97. The van der Waals surface area contributed by atoms with Crippen LogP contribution in [0, 0.1) is 5.92 Å². The van der Waals surface area contributed by atoms with E-state index in [4.69, 9.17) is 4.74 Å². The quantitative estimate of drug-likeness (QED) is 0.388. The Hall–Kier alpha value is -3.90. The number of ether oxygens (including phenoxy) is 1. The van der Waals surface area contributed by atoms with Gasteiger partial charge in [0.25, 0.3) is 5.91 Å². The van der Waals surface area contributed by atoms with Crippen LogP contribution in [0.5, 0.6) is 11.6 Å². The maximum Gasteiger partial charge on any atom is 0.326 e. The zero-order valence-electron chi connectivity index (χ0n) is 21.1. The number of hydrogen-bond donors (Lipinski definition) is 4. The highest BCUT2D eigenvalue weighted by atomic mass is 32.2. The number of carbonyl (C=O) groups is 3. The second-order valence-corrected chi connectivity index (χ2v) is 11.1. The van der Waals surface area contributed by atoms with Crippen LogP contribution in [0.1, 0.15) is 25.7 Å². The number of hydrogen-bond acceptors (Lipinski definition) is 8.